The highest BCUT2D eigenvalue weighted by molar-refractivity contribution is 5.37. The second kappa shape index (κ2) is 6.14. The molecule has 1 saturated heterocycles. The van der Waals surface area contributed by atoms with E-state index in [2.05, 4.69) is 41.0 Å². The molecule has 2 heterocycles. The van der Waals surface area contributed by atoms with Crippen LogP contribution in [0.15, 0.2) is 12.4 Å². The lowest BCUT2D eigenvalue weighted by Gasteiger charge is -2.34. The highest BCUT2D eigenvalue weighted by Crippen LogP contribution is 2.21. The second-order valence-electron chi connectivity index (χ2n) is 5.44. The van der Waals surface area contributed by atoms with Crippen molar-refractivity contribution in [2.45, 2.75) is 58.7 Å². The zero-order valence-electron chi connectivity index (χ0n) is 11.7. The Kier molecular flexibility index (Phi) is 4.53. The Hall–Kier alpha value is -1.16. The minimum absolute atomic E-state index is 0.480. The predicted molar refractivity (Wildman–Crippen MR) is 74.7 cm³/mol. The van der Waals surface area contributed by atoms with E-state index in [9.17, 15) is 0 Å². The molecule has 0 amide bonds. The zero-order valence-corrected chi connectivity index (χ0v) is 11.7. The van der Waals surface area contributed by atoms with Crippen LogP contribution in [0.1, 0.15) is 45.7 Å². The summed E-state index contributed by atoms with van der Waals surface area (Å²) in [6.07, 6.45) is 7.67. The molecule has 1 atom stereocenters. The molecular formula is C14H24N4. The minimum atomic E-state index is 0.480. The Bertz CT molecular complexity index is 361. The summed E-state index contributed by atoms with van der Waals surface area (Å²) in [5.74, 6) is 1.02. The van der Waals surface area contributed by atoms with Gasteiger partial charge >= 0.3 is 0 Å². The van der Waals surface area contributed by atoms with E-state index >= 15 is 0 Å². The minimum Gasteiger partial charge on any atom is -0.353 e. The van der Waals surface area contributed by atoms with Gasteiger partial charge in [0.25, 0.3) is 0 Å². The molecule has 4 heteroatoms. The summed E-state index contributed by atoms with van der Waals surface area (Å²) in [6, 6.07) is 1.07. The molecule has 0 bridgehead atoms. The van der Waals surface area contributed by atoms with Crippen molar-refractivity contribution in [1.29, 1.82) is 0 Å². The first-order valence-corrected chi connectivity index (χ1v) is 6.98. The number of nitrogens with zero attached hydrogens (tertiary/aromatic N) is 3. The molecule has 0 aromatic carbocycles. The molecule has 4 nitrogen and oxygen atoms in total. The van der Waals surface area contributed by atoms with E-state index in [4.69, 9.17) is 0 Å². The molecule has 2 rings (SSSR count). The van der Waals surface area contributed by atoms with Crippen LogP contribution in [0.4, 0.5) is 5.82 Å². The van der Waals surface area contributed by atoms with Gasteiger partial charge in [-0.2, -0.15) is 0 Å². The molecule has 1 aliphatic heterocycles. The third-order valence-corrected chi connectivity index (χ3v) is 3.48. The van der Waals surface area contributed by atoms with Crippen molar-refractivity contribution in [3.63, 3.8) is 0 Å². The highest BCUT2D eigenvalue weighted by atomic mass is 15.2. The van der Waals surface area contributed by atoms with Crippen LogP contribution in [0, 0.1) is 0 Å². The number of aromatic nitrogens is 2. The van der Waals surface area contributed by atoms with Gasteiger partial charge < -0.3 is 10.2 Å². The maximum atomic E-state index is 4.55. The summed E-state index contributed by atoms with van der Waals surface area (Å²) in [5, 5.41) is 3.35. The highest BCUT2D eigenvalue weighted by Gasteiger charge is 2.19. The van der Waals surface area contributed by atoms with Gasteiger partial charge in [-0.3, -0.25) is 4.98 Å². The molecule has 0 saturated carbocycles. The Morgan fingerprint density at radius 3 is 2.78 bits per heavy atom. The van der Waals surface area contributed by atoms with Crippen LogP contribution in [-0.2, 0) is 6.54 Å². The molecule has 18 heavy (non-hydrogen) atoms. The topological polar surface area (TPSA) is 41.1 Å². The summed E-state index contributed by atoms with van der Waals surface area (Å²) in [4.78, 5) is 11.4. The number of piperidine rings is 1. The van der Waals surface area contributed by atoms with Crippen LogP contribution in [0.3, 0.4) is 0 Å². The quantitative estimate of drug-likeness (QED) is 0.888. The number of hydrogen-bond acceptors (Lipinski definition) is 4. The van der Waals surface area contributed by atoms with E-state index in [1.165, 1.54) is 19.3 Å². The molecule has 0 aliphatic carbocycles. The lowest BCUT2D eigenvalue weighted by Crippen LogP contribution is -2.38. The van der Waals surface area contributed by atoms with E-state index < -0.39 is 0 Å². The summed E-state index contributed by atoms with van der Waals surface area (Å²) in [5.41, 5.74) is 1.01. The fraction of sp³-hybridized carbons (Fsp3) is 0.714. The van der Waals surface area contributed by atoms with Crippen molar-refractivity contribution in [3.8, 4) is 0 Å². The fourth-order valence-electron chi connectivity index (χ4n) is 2.33. The van der Waals surface area contributed by atoms with E-state index in [1.807, 2.05) is 12.4 Å². The largest absolute Gasteiger partial charge is 0.353 e. The van der Waals surface area contributed by atoms with E-state index in [0.29, 0.717) is 12.1 Å². The average Bonchev–Trinajstić information content (AvgIpc) is 2.38. The van der Waals surface area contributed by atoms with Crippen molar-refractivity contribution in [1.82, 2.24) is 15.3 Å². The van der Waals surface area contributed by atoms with Crippen LogP contribution < -0.4 is 10.2 Å². The summed E-state index contributed by atoms with van der Waals surface area (Å²) < 4.78 is 0. The number of anilines is 1. The standard InChI is InChI=1S/C14H24N4/c1-11(2)15-8-13-9-17-14(10-16-13)18-7-5-4-6-12(18)3/h9-12,15H,4-8H2,1-3H3. The number of rotatable bonds is 4. The van der Waals surface area contributed by atoms with Crippen LogP contribution in [0.5, 0.6) is 0 Å². The monoisotopic (exact) mass is 248 g/mol. The maximum Gasteiger partial charge on any atom is 0.147 e. The Morgan fingerprint density at radius 1 is 1.33 bits per heavy atom. The van der Waals surface area contributed by atoms with Gasteiger partial charge in [-0.15, -0.1) is 0 Å². The van der Waals surface area contributed by atoms with E-state index in [1.54, 1.807) is 0 Å². The Labute approximate surface area is 110 Å². The molecule has 1 aliphatic rings. The van der Waals surface area contributed by atoms with Gasteiger partial charge in [0.1, 0.15) is 5.82 Å². The van der Waals surface area contributed by atoms with Gasteiger partial charge in [-0.25, -0.2) is 4.98 Å². The van der Waals surface area contributed by atoms with Crippen LogP contribution in [-0.4, -0.2) is 28.6 Å². The van der Waals surface area contributed by atoms with Crippen molar-refractivity contribution in [2.75, 3.05) is 11.4 Å². The van der Waals surface area contributed by atoms with Gasteiger partial charge in [0.2, 0.25) is 0 Å². The summed E-state index contributed by atoms with van der Waals surface area (Å²) >= 11 is 0. The Morgan fingerprint density at radius 2 is 2.17 bits per heavy atom. The van der Waals surface area contributed by atoms with E-state index in [-0.39, 0.29) is 0 Å². The molecule has 1 unspecified atom stereocenters. The molecule has 0 radical (unpaired) electrons. The van der Waals surface area contributed by atoms with Gasteiger partial charge in [-0.1, -0.05) is 13.8 Å². The molecule has 0 spiro atoms. The van der Waals surface area contributed by atoms with Crippen molar-refractivity contribution >= 4 is 5.82 Å². The third kappa shape index (κ3) is 3.42. The molecule has 1 aromatic rings. The van der Waals surface area contributed by atoms with Gasteiger partial charge in [0, 0.05) is 25.2 Å². The van der Waals surface area contributed by atoms with Gasteiger partial charge in [0.05, 0.1) is 18.1 Å². The molecule has 1 N–H and O–H groups in total. The fourth-order valence-corrected chi connectivity index (χ4v) is 2.33. The normalized spacial score (nSPS) is 20.4. The Balaban J connectivity index is 1.98. The van der Waals surface area contributed by atoms with Crippen LogP contribution >= 0.6 is 0 Å². The molecule has 1 aromatic heterocycles. The lowest BCUT2D eigenvalue weighted by molar-refractivity contribution is 0.480. The van der Waals surface area contributed by atoms with Gasteiger partial charge in [-0.05, 0) is 26.2 Å². The van der Waals surface area contributed by atoms with E-state index in [0.717, 1.165) is 24.6 Å². The first-order chi connectivity index (χ1) is 8.66. The molecular weight excluding hydrogens is 224 g/mol. The zero-order chi connectivity index (χ0) is 13.0. The number of nitrogens with one attached hydrogen (secondary N) is 1. The third-order valence-electron chi connectivity index (χ3n) is 3.48. The molecule has 1 fully saturated rings. The SMILES string of the molecule is CC(C)NCc1cnc(N2CCCCC2C)cn1. The number of hydrogen-bond donors (Lipinski definition) is 1. The van der Waals surface area contributed by atoms with Crippen LogP contribution in [0.25, 0.3) is 0 Å². The summed E-state index contributed by atoms with van der Waals surface area (Å²) in [6.45, 7) is 8.45. The maximum absolute atomic E-state index is 4.55. The van der Waals surface area contributed by atoms with Crippen molar-refractivity contribution in [3.05, 3.63) is 18.1 Å². The smallest absolute Gasteiger partial charge is 0.147 e. The van der Waals surface area contributed by atoms with Crippen molar-refractivity contribution < 1.29 is 0 Å². The summed E-state index contributed by atoms with van der Waals surface area (Å²) in [7, 11) is 0. The van der Waals surface area contributed by atoms with Crippen LogP contribution in [0.2, 0.25) is 0 Å². The average molecular weight is 248 g/mol. The second-order valence-corrected chi connectivity index (χ2v) is 5.44. The lowest BCUT2D eigenvalue weighted by atomic mass is 10.0. The van der Waals surface area contributed by atoms with Gasteiger partial charge in [0.15, 0.2) is 0 Å². The molecule has 100 valence electrons. The first-order valence-electron chi connectivity index (χ1n) is 6.98. The predicted octanol–water partition coefficient (Wildman–Crippen LogP) is 2.35. The van der Waals surface area contributed by atoms with Crippen molar-refractivity contribution in [2.24, 2.45) is 0 Å². The first kappa shape index (κ1) is 13.3.